The molecule has 5 heteroatoms. The largest absolute Gasteiger partial charge is 0.444 e. The molecule has 0 fully saturated rings. The van der Waals surface area contributed by atoms with Crippen LogP contribution in [0.4, 0.5) is 10.5 Å². The van der Waals surface area contributed by atoms with Crippen molar-refractivity contribution in [1.82, 2.24) is 10.3 Å². The lowest BCUT2D eigenvalue weighted by Crippen LogP contribution is -2.35. The number of rotatable bonds is 4. The molecule has 0 bridgehead atoms. The highest BCUT2D eigenvalue weighted by molar-refractivity contribution is 5.93. The molecule has 2 aromatic rings. The Kier molecular flexibility index (Phi) is 4.85. The summed E-state index contributed by atoms with van der Waals surface area (Å²) in [5.41, 5.74) is 2.68. The summed E-state index contributed by atoms with van der Waals surface area (Å²) < 4.78 is 5.19. The van der Waals surface area contributed by atoms with Crippen LogP contribution in [0.5, 0.6) is 0 Å². The first-order valence-electron chi connectivity index (χ1n) is 7.42. The Morgan fingerprint density at radius 1 is 1.23 bits per heavy atom. The van der Waals surface area contributed by atoms with E-state index in [2.05, 4.69) is 15.6 Å². The zero-order valence-corrected chi connectivity index (χ0v) is 13.6. The summed E-state index contributed by atoms with van der Waals surface area (Å²) in [4.78, 5) is 16.0. The second kappa shape index (κ2) is 6.64. The highest BCUT2D eigenvalue weighted by Gasteiger charge is 2.15. The van der Waals surface area contributed by atoms with E-state index >= 15 is 0 Å². The summed E-state index contributed by atoms with van der Waals surface area (Å²) in [6.45, 7) is 8.68. The fraction of sp³-hybridized carbons (Fsp3) is 0.412. The molecule has 2 rings (SSSR count). The Balaban J connectivity index is 1.91. The van der Waals surface area contributed by atoms with Crippen molar-refractivity contribution in [2.75, 3.05) is 18.4 Å². The van der Waals surface area contributed by atoms with Crippen molar-refractivity contribution in [3.05, 3.63) is 36.0 Å². The normalized spacial score (nSPS) is 11.3. The van der Waals surface area contributed by atoms with Crippen molar-refractivity contribution in [2.45, 2.75) is 33.3 Å². The number of nitrogens with one attached hydrogen (secondary N) is 2. The summed E-state index contributed by atoms with van der Waals surface area (Å²) in [7, 11) is 0. The molecule has 2 N–H and O–H groups in total. The number of alkyl carbamates (subject to hydrolysis) is 1. The second-order valence-electron chi connectivity index (χ2n) is 6.19. The number of pyridine rings is 1. The van der Waals surface area contributed by atoms with Crippen LogP contribution in [0.2, 0.25) is 0 Å². The van der Waals surface area contributed by atoms with Gasteiger partial charge in [0.15, 0.2) is 0 Å². The molecule has 0 saturated heterocycles. The molecule has 22 heavy (non-hydrogen) atoms. The Morgan fingerprint density at radius 2 is 2.00 bits per heavy atom. The number of amides is 1. The lowest BCUT2D eigenvalue weighted by Gasteiger charge is -2.19. The minimum atomic E-state index is -0.476. The molecular formula is C17H23N3O2. The molecule has 0 aliphatic heterocycles. The number of hydrogen-bond acceptors (Lipinski definition) is 4. The summed E-state index contributed by atoms with van der Waals surface area (Å²) in [5.74, 6) is 0. The average Bonchev–Trinajstić information content (AvgIpc) is 2.44. The van der Waals surface area contributed by atoms with E-state index < -0.39 is 11.7 Å². The van der Waals surface area contributed by atoms with Crippen molar-refractivity contribution in [1.29, 1.82) is 0 Å². The second-order valence-corrected chi connectivity index (χ2v) is 6.19. The van der Waals surface area contributed by atoms with E-state index in [1.807, 2.05) is 52.0 Å². The number of benzene rings is 1. The predicted octanol–water partition coefficient (Wildman–Crippen LogP) is 3.48. The van der Waals surface area contributed by atoms with Crippen LogP contribution in [0.3, 0.4) is 0 Å². The zero-order valence-electron chi connectivity index (χ0n) is 13.6. The van der Waals surface area contributed by atoms with Gasteiger partial charge in [-0.15, -0.1) is 0 Å². The smallest absolute Gasteiger partial charge is 0.407 e. The van der Waals surface area contributed by atoms with Crippen LogP contribution in [-0.4, -0.2) is 29.8 Å². The van der Waals surface area contributed by atoms with Crippen LogP contribution in [0.1, 0.15) is 26.3 Å². The summed E-state index contributed by atoms with van der Waals surface area (Å²) in [5, 5.41) is 7.14. The maximum absolute atomic E-state index is 11.6. The molecule has 0 aliphatic rings. The molecule has 118 valence electrons. The standard InChI is InChI=1S/C17H23N3O2/c1-12-7-8-14(13-6-5-9-19-15(12)13)18-10-11-20-16(21)22-17(2,3)4/h5-9,18H,10-11H2,1-4H3,(H,20,21). The highest BCUT2D eigenvalue weighted by atomic mass is 16.6. The van der Waals surface area contributed by atoms with Crippen LogP contribution in [0.25, 0.3) is 10.9 Å². The molecule has 5 nitrogen and oxygen atoms in total. The highest BCUT2D eigenvalue weighted by Crippen LogP contribution is 2.24. The molecule has 1 heterocycles. The van der Waals surface area contributed by atoms with Crippen LogP contribution < -0.4 is 10.6 Å². The Bertz CT molecular complexity index is 662. The van der Waals surface area contributed by atoms with Gasteiger partial charge in [-0.1, -0.05) is 6.07 Å². The lowest BCUT2D eigenvalue weighted by atomic mass is 10.1. The van der Waals surface area contributed by atoms with Gasteiger partial charge in [-0.2, -0.15) is 0 Å². The number of carbonyl (C=O) groups excluding carboxylic acids is 1. The summed E-state index contributed by atoms with van der Waals surface area (Å²) in [6, 6.07) is 8.04. The Labute approximate surface area is 131 Å². The number of aromatic nitrogens is 1. The third-order valence-electron chi connectivity index (χ3n) is 3.08. The average molecular weight is 301 g/mol. The van der Waals surface area contributed by atoms with Crippen molar-refractivity contribution in [2.24, 2.45) is 0 Å². The van der Waals surface area contributed by atoms with Crippen molar-refractivity contribution < 1.29 is 9.53 Å². The molecule has 0 unspecified atom stereocenters. The Morgan fingerprint density at radius 3 is 2.73 bits per heavy atom. The van der Waals surface area contributed by atoms with E-state index in [9.17, 15) is 4.79 Å². The SMILES string of the molecule is Cc1ccc(NCCNC(=O)OC(C)(C)C)c2cccnc12. The zero-order chi connectivity index (χ0) is 16.2. The van der Waals surface area contributed by atoms with Crippen molar-refractivity contribution >= 4 is 22.7 Å². The van der Waals surface area contributed by atoms with Gasteiger partial charge in [-0.25, -0.2) is 4.79 Å². The first-order valence-corrected chi connectivity index (χ1v) is 7.42. The van der Waals surface area contributed by atoms with E-state index in [4.69, 9.17) is 4.74 Å². The maximum atomic E-state index is 11.6. The van der Waals surface area contributed by atoms with E-state index in [0.717, 1.165) is 22.2 Å². The van der Waals surface area contributed by atoms with Gasteiger partial charge in [0.25, 0.3) is 0 Å². The van der Waals surface area contributed by atoms with Gasteiger partial charge in [0, 0.05) is 30.4 Å². The van der Waals surface area contributed by atoms with Gasteiger partial charge in [0.1, 0.15) is 5.60 Å². The number of nitrogens with zero attached hydrogens (tertiary/aromatic N) is 1. The van der Waals surface area contributed by atoms with Gasteiger partial charge in [0.2, 0.25) is 0 Å². The number of carbonyl (C=O) groups is 1. The Hall–Kier alpha value is -2.30. The number of aryl methyl sites for hydroxylation is 1. The molecule has 0 spiro atoms. The van der Waals surface area contributed by atoms with E-state index in [1.54, 1.807) is 6.20 Å². The summed E-state index contributed by atoms with van der Waals surface area (Å²) in [6.07, 6.45) is 1.40. The molecule has 0 atom stereocenters. The number of ether oxygens (including phenoxy) is 1. The maximum Gasteiger partial charge on any atom is 0.407 e. The molecule has 1 aromatic heterocycles. The predicted molar refractivity (Wildman–Crippen MR) is 89.2 cm³/mol. The minimum absolute atomic E-state index is 0.398. The third kappa shape index (κ3) is 4.35. The molecule has 0 aliphatic carbocycles. The van der Waals surface area contributed by atoms with Gasteiger partial charge < -0.3 is 15.4 Å². The quantitative estimate of drug-likeness (QED) is 0.849. The van der Waals surface area contributed by atoms with Crippen molar-refractivity contribution in [3.8, 4) is 0 Å². The number of hydrogen-bond donors (Lipinski definition) is 2. The van der Waals surface area contributed by atoms with Crippen LogP contribution in [0, 0.1) is 6.92 Å². The van der Waals surface area contributed by atoms with Crippen molar-refractivity contribution in [3.63, 3.8) is 0 Å². The fourth-order valence-electron chi connectivity index (χ4n) is 2.14. The molecule has 1 aromatic carbocycles. The molecule has 1 amide bonds. The van der Waals surface area contributed by atoms with Crippen LogP contribution in [0.15, 0.2) is 30.5 Å². The first-order chi connectivity index (χ1) is 10.4. The minimum Gasteiger partial charge on any atom is -0.444 e. The summed E-state index contributed by atoms with van der Waals surface area (Å²) >= 11 is 0. The number of anilines is 1. The van der Waals surface area contributed by atoms with Gasteiger partial charge in [-0.05, 0) is 51.5 Å². The number of fused-ring (bicyclic) bond motifs is 1. The van der Waals surface area contributed by atoms with Gasteiger partial charge in [-0.3, -0.25) is 4.98 Å². The van der Waals surface area contributed by atoms with Crippen LogP contribution in [-0.2, 0) is 4.74 Å². The molecule has 0 saturated carbocycles. The fourth-order valence-corrected chi connectivity index (χ4v) is 2.14. The van der Waals surface area contributed by atoms with Crippen LogP contribution >= 0.6 is 0 Å². The van der Waals surface area contributed by atoms with Gasteiger partial charge in [0.05, 0.1) is 5.52 Å². The topological polar surface area (TPSA) is 63.2 Å². The van der Waals surface area contributed by atoms with E-state index in [-0.39, 0.29) is 0 Å². The van der Waals surface area contributed by atoms with E-state index in [1.165, 1.54) is 0 Å². The van der Waals surface area contributed by atoms with E-state index in [0.29, 0.717) is 13.1 Å². The van der Waals surface area contributed by atoms with Gasteiger partial charge >= 0.3 is 6.09 Å². The monoisotopic (exact) mass is 301 g/mol. The third-order valence-corrected chi connectivity index (χ3v) is 3.08. The first kappa shape index (κ1) is 16.1. The molecular weight excluding hydrogens is 278 g/mol. The molecule has 0 radical (unpaired) electrons. The lowest BCUT2D eigenvalue weighted by molar-refractivity contribution is 0.0530.